The van der Waals surface area contributed by atoms with E-state index in [1.807, 2.05) is 31.3 Å². The van der Waals surface area contributed by atoms with Crippen molar-refractivity contribution in [2.24, 2.45) is 0 Å². The van der Waals surface area contributed by atoms with Crippen LogP contribution < -0.4 is 4.90 Å². The molecule has 1 unspecified atom stereocenters. The Morgan fingerprint density at radius 1 is 1.14 bits per heavy atom. The zero-order valence-corrected chi connectivity index (χ0v) is 12.2. The van der Waals surface area contributed by atoms with Gasteiger partial charge in [0.05, 0.1) is 10.8 Å². The summed E-state index contributed by atoms with van der Waals surface area (Å²) < 4.78 is 0. The van der Waals surface area contributed by atoms with E-state index in [9.17, 15) is 14.9 Å². The fourth-order valence-corrected chi connectivity index (χ4v) is 2.95. The molecule has 1 aliphatic heterocycles. The Labute approximate surface area is 128 Å². The van der Waals surface area contributed by atoms with Crippen molar-refractivity contribution in [3.8, 4) is 0 Å². The maximum Gasteiger partial charge on any atom is 0.269 e. The van der Waals surface area contributed by atoms with Crippen LogP contribution in [-0.4, -0.2) is 24.3 Å². The molecule has 0 aliphatic carbocycles. The fourth-order valence-electron chi connectivity index (χ4n) is 2.95. The lowest BCUT2D eigenvalue weighted by Crippen LogP contribution is -2.18. The summed E-state index contributed by atoms with van der Waals surface area (Å²) in [5.74, 6) is -0.215. The van der Waals surface area contributed by atoms with Gasteiger partial charge >= 0.3 is 0 Å². The molecule has 5 nitrogen and oxygen atoms in total. The lowest BCUT2D eigenvalue weighted by Gasteiger charge is -2.21. The summed E-state index contributed by atoms with van der Waals surface area (Å²) in [5, 5.41) is 10.8. The van der Waals surface area contributed by atoms with Crippen LogP contribution in [0, 0.1) is 10.1 Å². The van der Waals surface area contributed by atoms with Crippen LogP contribution in [0.4, 0.5) is 11.4 Å². The number of hydrogen-bond acceptors (Lipinski definition) is 4. The molecular formula is C17H16N2O3. The minimum atomic E-state index is -0.430. The van der Waals surface area contributed by atoms with E-state index in [1.165, 1.54) is 12.1 Å². The standard InChI is InChI=1S/C17H16N2O3/c1-18-11-10-16(20)17(14-4-2-3-5-15(14)18)12-6-8-13(9-7-12)19(21)22/h2-9,17H,10-11H2,1H3. The number of fused-ring (bicyclic) bond motifs is 1. The van der Waals surface area contributed by atoms with Crippen LogP contribution in [0.1, 0.15) is 23.5 Å². The van der Waals surface area contributed by atoms with Crippen LogP contribution in [0.5, 0.6) is 0 Å². The highest BCUT2D eigenvalue weighted by Gasteiger charge is 2.29. The highest BCUT2D eigenvalue weighted by molar-refractivity contribution is 5.92. The van der Waals surface area contributed by atoms with Gasteiger partial charge in [0.25, 0.3) is 5.69 Å². The molecule has 3 rings (SSSR count). The van der Waals surface area contributed by atoms with Gasteiger partial charge in [-0.05, 0) is 17.2 Å². The Morgan fingerprint density at radius 3 is 2.50 bits per heavy atom. The summed E-state index contributed by atoms with van der Waals surface area (Å²) in [6, 6.07) is 14.1. The zero-order valence-electron chi connectivity index (χ0n) is 12.2. The van der Waals surface area contributed by atoms with Crippen molar-refractivity contribution in [3.05, 3.63) is 69.8 Å². The highest BCUT2D eigenvalue weighted by Crippen LogP contribution is 2.36. The quantitative estimate of drug-likeness (QED) is 0.631. The number of benzene rings is 2. The largest absolute Gasteiger partial charge is 0.374 e. The Bertz CT molecular complexity index is 725. The molecule has 0 N–H and O–H groups in total. The molecule has 0 aromatic heterocycles. The average molecular weight is 296 g/mol. The number of non-ortho nitro benzene ring substituents is 1. The van der Waals surface area contributed by atoms with E-state index in [0.717, 1.165) is 16.8 Å². The second-order valence-corrected chi connectivity index (χ2v) is 5.48. The molecule has 5 heteroatoms. The second kappa shape index (κ2) is 5.60. The number of carbonyl (C=O) groups excluding carboxylic acids is 1. The van der Waals surface area contributed by atoms with E-state index in [4.69, 9.17) is 0 Å². The Morgan fingerprint density at radius 2 is 1.82 bits per heavy atom. The molecule has 1 heterocycles. The summed E-state index contributed by atoms with van der Waals surface area (Å²) in [6.07, 6.45) is 0.465. The molecule has 22 heavy (non-hydrogen) atoms. The van der Waals surface area contributed by atoms with Crippen molar-refractivity contribution in [2.45, 2.75) is 12.3 Å². The number of hydrogen-bond donors (Lipinski definition) is 0. The Hall–Kier alpha value is -2.69. The summed E-state index contributed by atoms with van der Waals surface area (Å²) in [5.41, 5.74) is 2.84. The molecule has 0 spiro atoms. The van der Waals surface area contributed by atoms with Crippen LogP contribution in [-0.2, 0) is 4.79 Å². The van der Waals surface area contributed by atoms with Crippen molar-refractivity contribution in [2.75, 3.05) is 18.5 Å². The van der Waals surface area contributed by atoms with E-state index in [0.29, 0.717) is 13.0 Å². The van der Waals surface area contributed by atoms with Gasteiger partial charge in [-0.1, -0.05) is 30.3 Å². The summed E-state index contributed by atoms with van der Waals surface area (Å²) in [4.78, 5) is 25.0. The minimum Gasteiger partial charge on any atom is -0.374 e. The van der Waals surface area contributed by atoms with Gasteiger partial charge in [-0.2, -0.15) is 0 Å². The predicted octanol–water partition coefficient (Wildman–Crippen LogP) is 3.14. The first-order valence-corrected chi connectivity index (χ1v) is 7.15. The third kappa shape index (κ3) is 2.45. The van der Waals surface area contributed by atoms with Crippen molar-refractivity contribution in [1.82, 2.24) is 0 Å². The molecule has 0 amide bonds. The van der Waals surface area contributed by atoms with E-state index in [2.05, 4.69) is 4.90 Å². The number of ketones is 1. The topological polar surface area (TPSA) is 63.5 Å². The van der Waals surface area contributed by atoms with E-state index in [1.54, 1.807) is 12.1 Å². The van der Waals surface area contributed by atoms with Gasteiger partial charge in [-0.25, -0.2) is 0 Å². The number of carbonyl (C=O) groups is 1. The molecule has 0 saturated carbocycles. The zero-order chi connectivity index (χ0) is 15.7. The number of para-hydroxylation sites is 1. The molecule has 0 radical (unpaired) electrons. The van der Waals surface area contributed by atoms with Gasteiger partial charge in [-0.15, -0.1) is 0 Å². The van der Waals surface area contributed by atoms with E-state index in [-0.39, 0.29) is 17.4 Å². The molecular weight excluding hydrogens is 280 g/mol. The van der Waals surface area contributed by atoms with Gasteiger partial charge < -0.3 is 4.90 Å². The maximum absolute atomic E-state index is 12.6. The first-order chi connectivity index (χ1) is 10.6. The Kier molecular flexibility index (Phi) is 3.63. The molecule has 1 atom stereocenters. The summed E-state index contributed by atoms with van der Waals surface area (Å²) in [6.45, 7) is 0.680. The first kappa shape index (κ1) is 14.3. The van der Waals surface area contributed by atoms with Gasteiger partial charge in [0.2, 0.25) is 0 Å². The maximum atomic E-state index is 12.6. The molecule has 0 saturated heterocycles. The summed E-state index contributed by atoms with van der Waals surface area (Å²) >= 11 is 0. The highest BCUT2D eigenvalue weighted by atomic mass is 16.6. The van der Waals surface area contributed by atoms with Gasteiger partial charge in [0.1, 0.15) is 5.78 Å². The SMILES string of the molecule is CN1CCC(=O)C(c2ccc([N+](=O)[O-])cc2)c2ccccc21. The lowest BCUT2D eigenvalue weighted by molar-refractivity contribution is -0.384. The van der Waals surface area contributed by atoms with Gasteiger partial charge in [0, 0.05) is 37.8 Å². The monoisotopic (exact) mass is 296 g/mol. The van der Waals surface area contributed by atoms with Gasteiger partial charge in [-0.3, -0.25) is 14.9 Å². The predicted molar refractivity (Wildman–Crippen MR) is 84.3 cm³/mol. The summed E-state index contributed by atoms with van der Waals surface area (Å²) in [7, 11) is 1.98. The number of anilines is 1. The molecule has 0 bridgehead atoms. The normalized spacial score (nSPS) is 17.8. The van der Waals surface area contributed by atoms with Gasteiger partial charge in [0.15, 0.2) is 0 Å². The van der Waals surface area contributed by atoms with Crippen LogP contribution in [0.2, 0.25) is 0 Å². The first-order valence-electron chi connectivity index (χ1n) is 7.15. The fraction of sp³-hybridized carbons (Fsp3) is 0.235. The third-order valence-corrected chi connectivity index (χ3v) is 4.11. The van der Waals surface area contributed by atoms with Crippen molar-refractivity contribution in [3.63, 3.8) is 0 Å². The third-order valence-electron chi connectivity index (χ3n) is 4.11. The van der Waals surface area contributed by atoms with Crippen LogP contribution in [0.3, 0.4) is 0 Å². The number of rotatable bonds is 2. The lowest BCUT2D eigenvalue weighted by atomic mass is 9.86. The second-order valence-electron chi connectivity index (χ2n) is 5.48. The number of Topliss-reactive ketones (excluding diaryl/α,β-unsaturated/α-hetero) is 1. The molecule has 1 aliphatic rings. The van der Waals surface area contributed by atoms with Crippen molar-refractivity contribution >= 4 is 17.2 Å². The molecule has 0 fully saturated rings. The van der Waals surface area contributed by atoms with Crippen molar-refractivity contribution in [1.29, 1.82) is 0 Å². The molecule has 2 aromatic rings. The average Bonchev–Trinajstić information content (AvgIpc) is 2.65. The number of nitro benzene ring substituents is 1. The number of nitro groups is 1. The van der Waals surface area contributed by atoms with Crippen LogP contribution in [0.25, 0.3) is 0 Å². The van der Waals surface area contributed by atoms with E-state index < -0.39 is 4.92 Å². The van der Waals surface area contributed by atoms with Crippen molar-refractivity contribution < 1.29 is 9.72 Å². The minimum absolute atomic E-state index is 0.0372. The molecule has 112 valence electrons. The van der Waals surface area contributed by atoms with E-state index >= 15 is 0 Å². The van der Waals surface area contributed by atoms with Crippen LogP contribution >= 0.6 is 0 Å². The molecule has 2 aromatic carbocycles. The smallest absolute Gasteiger partial charge is 0.269 e. The Balaban J connectivity index is 2.09. The number of nitrogens with zero attached hydrogens (tertiary/aromatic N) is 2. The van der Waals surface area contributed by atoms with Crippen LogP contribution in [0.15, 0.2) is 48.5 Å².